The van der Waals surface area contributed by atoms with Crippen molar-refractivity contribution < 1.29 is 24.0 Å². The molecule has 0 aromatic heterocycles. The number of amides is 4. The molecule has 1 aromatic rings. The molecular formula is C19H27N4O4+. The number of hydrogen-bond acceptors (Lipinski definition) is 5. The molecular weight excluding hydrogens is 348 g/mol. The zero-order valence-corrected chi connectivity index (χ0v) is 16.0. The second kappa shape index (κ2) is 9.82. The van der Waals surface area contributed by atoms with Crippen LogP contribution in [-0.4, -0.2) is 56.8 Å². The van der Waals surface area contributed by atoms with Gasteiger partial charge < -0.3 is 9.64 Å². The minimum absolute atomic E-state index is 0.306. The normalized spacial score (nSPS) is 17.7. The Kier molecular flexibility index (Phi) is 7.48. The molecule has 1 fully saturated rings. The van der Waals surface area contributed by atoms with Crippen LogP contribution in [0.1, 0.15) is 20.8 Å². The quantitative estimate of drug-likeness (QED) is 0.479. The highest BCUT2D eigenvalue weighted by Gasteiger charge is 2.41. The number of ether oxygens (including phenoxy) is 1. The number of barbiturate groups is 1. The van der Waals surface area contributed by atoms with Gasteiger partial charge in [-0.15, -0.1) is 0 Å². The Morgan fingerprint density at radius 2 is 1.89 bits per heavy atom. The third kappa shape index (κ3) is 4.91. The number of nitrogens with zero attached hydrogens (tertiary/aromatic N) is 2. The fraction of sp³-hybridized carbons (Fsp3) is 0.474. The van der Waals surface area contributed by atoms with Gasteiger partial charge in [-0.25, -0.2) is 9.69 Å². The molecule has 1 aliphatic heterocycles. The van der Waals surface area contributed by atoms with Gasteiger partial charge in [0.25, 0.3) is 5.91 Å². The van der Waals surface area contributed by atoms with Crippen molar-refractivity contribution in [2.75, 3.05) is 37.7 Å². The molecule has 2 N–H and O–H groups in total. The Bertz CT molecular complexity index is 715. The SMILES string of the molecule is CCOc1ccccc1N1C(=O)NC(=O)C(C=NCC[NH+](CC)CC)C1=O. The summed E-state index contributed by atoms with van der Waals surface area (Å²) in [7, 11) is 0. The number of aliphatic imine (C=N–C) groups is 1. The van der Waals surface area contributed by atoms with E-state index in [4.69, 9.17) is 4.74 Å². The Labute approximate surface area is 159 Å². The van der Waals surface area contributed by atoms with Crippen molar-refractivity contribution in [3.8, 4) is 5.75 Å². The number of urea groups is 1. The maximum atomic E-state index is 12.8. The van der Waals surface area contributed by atoms with Gasteiger partial charge in [0.15, 0.2) is 5.92 Å². The van der Waals surface area contributed by atoms with Crippen molar-refractivity contribution in [3.63, 3.8) is 0 Å². The van der Waals surface area contributed by atoms with E-state index in [1.807, 2.05) is 6.92 Å². The Balaban J connectivity index is 2.18. The maximum Gasteiger partial charge on any atom is 0.335 e. The number of likely N-dealkylation sites (N-methyl/N-ethyl adjacent to an activating group) is 1. The molecule has 27 heavy (non-hydrogen) atoms. The molecule has 2 rings (SSSR count). The predicted octanol–water partition coefficient (Wildman–Crippen LogP) is 0.280. The van der Waals surface area contributed by atoms with Crippen molar-refractivity contribution in [3.05, 3.63) is 24.3 Å². The third-order valence-corrected chi connectivity index (χ3v) is 4.46. The molecule has 8 nitrogen and oxygen atoms in total. The van der Waals surface area contributed by atoms with E-state index in [0.717, 1.165) is 24.5 Å². The van der Waals surface area contributed by atoms with Crippen LogP contribution in [0.5, 0.6) is 5.75 Å². The van der Waals surface area contributed by atoms with E-state index in [9.17, 15) is 14.4 Å². The molecule has 1 aliphatic rings. The summed E-state index contributed by atoms with van der Waals surface area (Å²) in [5.74, 6) is -2.02. The zero-order chi connectivity index (χ0) is 19.8. The van der Waals surface area contributed by atoms with Gasteiger partial charge in [0.05, 0.1) is 38.5 Å². The standard InChI is InChI=1S/C19H26N4O4/c1-4-22(5-2)12-11-20-13-14-17(24)21-19(26)23(18(14)25)15-9-7-8-10-16(15)27-6-3/h7-10,13-14H,4-6,11-12H2,1-3H3,(H,21,24,26)/p+1. The highest BCUT2D eigenvalue weighted by atomic mass is 16.5. The first-order valence-corrected chi connectivity index (χ1v) is 9.27. The van der Waals surface area contributed by atoms with Crippen LogP contribution in [0.15, 0.2) is 29.3 Å². The monoisotopic (exact) mass is 375 g/mol. The lowest BCUT2D eigenvalue weighted by Crippen LogP contribution is -3.11. The van der Waals surface area contributed by atoms with Crippen molar-refractivity contribution in [1.82, 2.24) is 5.32 Å². The predicted molar refractivity (Wildman–Crippen MR) is 102 cm³/mol. The molecule has 0 spiro atoms. The van der Waals surface area contributed by atoms with Crippen LogP contribution in [-0.2, 0) is 9.59 Å². The largest absolute Gasteiger partial charge is 0.492 e. The number of carbonyl (C=O) groups is 3. The molecule has 0 bridgehead atoms. The highest BCUT2D eigenvalue weighted by molar-refractivity contribution is 6.32. The summed E-state index contributed by atoms with van der Waals surface area (Å²) in [6.45, 7) is 9.71. The lowest BCUT2D eigenvalue weighted by Gasteiger charge is -2.29. The van der Waals surface area contributed by atoms with Crippen LogP contribution < -0.4 is 19.9 Å². The lowest BCUT2D eigenvalue weighted by atomic mass is 10.1. The summed E-state index contributed by atoms with van der Waals surface area (Å²) in [6, 6.07) is 5.95. The van der Waals surface area contributed by atoms with Crippen molar-refractivity contribution in [2.24, 2.45) is 10.9 Å². The van der Waals surface area contributed by atoms with Gasteiger partial charge in [0, 0.05) is 6.21 Å². The van der Waals surface area contributed by atoms with Gasteiger partial charge in [-0.3, -0.25) is 19.9 Å². The lowest BCUT2D eigenvalue weighted by molar-refractivity contribution is -0.894. The molecule has 4 amide bonds. The summed E-state index contributed by atoms with van der Waals surface area (Å²) in [5, 5.41) is 2.22. The second-order valence-electron chi connectivity index (χ2n) is 6.11. The van der Waals surface area contributed by atoms with Crippen molar-refractivity contribution in [2.45, 2.75) is 20.8 Å². The number of anilines is 1. The number of quaternary nitrogens is 1. The smallest absolute Gasteiger partial charge is 0.335 e. The first-order chi connectivity index (χ1) is 13.0. The Hall–Kier alpha value is -2.74. The van der Waals surface area contributed by atoms with Gasteiger partial charge in [0.1, 0.15) is 5.75 Å². The molecule has 146 valence electrons. The van der Waals surface area contributed by atoms with E-state index in [0.29, 0.717) is 24.6 Å². The van der Waals surface area contributed by atoms with Gasteiger partial charge in [-0.05, 0) is 32.9 Å². The van der Waals surface area contributed by atoms with Crippen LogP contribution >= 0.6 is 0 Å². The van der Waals surface area contributed by atoms with Gasteiger partial charge in [-0.1, -0.05) is 12.1 Å². The molecule has 1 heterocycles. The van der Waals surface area contributed by atoms with E-state index in [1.54, 1.807) is 24.3 Å². The number of rotatable bonds is 9. The van der Waals surface area contributed by atoms with Gasteiger partial charge in [-0.2, -0.15) is 0 Å². The van der Waals surface area contributed by atoms with E-state index in [2.05, 4.69) is 24.2 Å². The van der Waals surface area contributed by atoms with Crippen LogP contribution in [0.4, 0.5) is 10.5 Å². The summed E-state index contributed by atoms with van der Waals surface area (Å²) < 4.78 is 5.50. The van der Waals surface area contributed by atoms with Crippen LogP contribution in [0.3, 0.4) is 0 Å². The van der Waals surface area contributed by atoms with Crippen molar-refractivity contribution in [1.29, 1.82) is 0 Å². The molecule has 1 unspecified atom stereocenters. The average molecular weight is 375 g/mol. The third-order valence-electron chi connectivity index (χ3n) is 4.46. The van der Waals surface area contributed by atoms with Crippen LogP contribution in [0.25, 0.3) is 0 Å². The number of nitrogens with one attached hydrogen (secondary N) is 2. The summed E-state index contributed by atoms with van der Waals surface area (Å²) >= 11 is 0. The highest BCUT2D eigenvalue weighted by Crippen LogP contribution is 2.30. The Morgan fingerprint density at radius 1 is 1.19 bits per heavy atom. The van der Waals surface area contributed by atoms with Crippen LogP contribution in [0.2, 0.25) is 0 Å². The summed E-state index contributed by atoms with van der Waals surface area (Å²) in [5.41, 5.74) is 0.306. The molecule has 1 saturated heterocycles. The number of carbonyl (C=O) groups excluding carboxylic acids is 3. The fourth-order valence-electron chi connectivity index (χ4n) is 2.88. The van der Waals surface area contributed by atoms with Crippen molar-refractivity contribution >= 4 is 29.7 Å². The number of para-hydroxylation sites is 2. The zero-order valence-electron chi connectivity index (χ0n) is 16.0. The second-order valence-corrected chi connectivity index (χ2v) is 6.11. The summed E-state index contributed by atoms with van der Waals surface area (Å²) in [4.78, 5) is 43.8. The first-order valence-electron chi connectivity index (χ1n) is 9.27. The number of imide groups is 2. The molecule has 0 radical (unpaired) electrons. The minimum Gasteiger partial charge on any atom is -0.492 e. The summed E-state index contributed by atoms with van der Waals surface area (Å²) in [6.07, 6.45) is 1.34. The van der Waals surface area contributed by atoms with Crippen LogP contribution in [0, 0.1) is 5.92 Å². The van der Waals surface area contributed by atoms with E-state index >= 15 is 0 Å². The number of hydrogen-bond donors (Lipinski definition) is 2. The van der Waals surface area contributed by atoms with E-state index in [-0.39, 0.29) is 0 Å². The first kappa shape index (κ1) is 20.6. The molecule has 8 heteroatoms. The Morgan fingerprint density at radius 3 is 2.56 bits per heavy atom. The topological polar surface area (TPSA) is 92.5 Å². The molecule has 0 saturated carbocycles. The maximum absolute atomic E-state index is 12.8. The fourth-order valence-corrected chi connectivity index (χ4v) is 2.88. The average Bonchev–Trinajstić information content (AvgIpc) is 2.65. The van der Waals surface area contributed by atoms with E-state index < -0.39 is 23.8 Å². The number of benzene rings is 1. The van der Waals surface area contributed by atoms with Gasteiger partial charge >= 0.3 is 6.03 Å². The van der Waals surface area contributed by atoms with E-state index in [1.165, 1.54) is 11.1 Å². The van der Waals surface area contributed by atoms with Gasteiger partial charge in [0.2, 0.25) is 5.91 Å². The molecule has 1 atom stereocenters. The minimum atomic E-state index is -1.14. The molecule has 0 aliphatic carbocycles. The molecule has 1 aromatic carbocycles.